The van der Waals surface area contributed by atoms with Crippen molar-refractivity contribution in [3.63, 3.8) is 0 Å². The van der Waals surface area contributed by atoms with Crippen LogP contribution in [0.4, 0.5) is 0 Å². The van der Waals surface area contributed by atoms with Crippen molar-refractivity contribution in [2.75, 3.05) is 13.1 Å². The Hall–Kier alpha value is -4.61. The van der Waals surface area contributed by atoms with E-state index in [1.54, 1.807) is 34.8 Å². The van der Waals surface area contributed by atoms with E-state index in [0.717, 1.165) is 86.8 Å². The number of ketones is 1. The van der Waals surface area contributed by atoms with E-state index in [9.17, 15) is 19.2 Å². The lowest BCUT2D eigenvalue weighted by Crippen LogP contribution is -2.30. The molecule has 0 saturated heterocycles. The number of nitriles is 1. The number of thiophene rings is 2. The molecule has 0 aliphatic heterocycles. The fourth-order valence-electron chi connectivity index (χ4n) is 6.68. The third kappa shape index (κ3) is 12.2. The van der Waals surface area contributed by atoms with Gasteiger partial charge in [0.1, 0.15) is 5.78 Å². The van der Waals surface area contributed by atoms with Gasteiger partial charge in [-0.3, -0.25) is 19.2 Å². The minimum atomic E-state index is -0.658. The Labute approximate surface area is 317 Å². The molecule has 2 saturated carbocycles. The Balaban J connectivity index is 0.000000206. The number of amides is 2. The summed E-state index contributed by atoms with van der Waals surface area (Å²) in [6, 6.07) is 13.1. The van der Waals surface area contributed by atoms with Gasteiger partial charge in [-0.25, -0.2) is 0 Å². The highest BCUT2D eigenvalue weighted by molar-refractivity contribution is 7.13. The molecule has 2 fully saturated rings. The average molecular weight is 762 g/mol. The van der Waals surface area contributed by atoms with Crippen LogP contribution in [0.15, 0.2) is 56.2 Å². The number of nitrogens with one attached hydrogen (secondary N) is 2. The predicted octanol–water partition coefficient (Wildman–Crippen LogP) is 8.40. The van der Waals surface area contributed by atoms with Gasteiger partial charge in [0.15, 0.2) is 22.9 Å². The summed E-state index contributed by atoms with van der Waals surface area (Å²) in [6.45, 7) is 1.24. The number of carbonyl (C=O) groups is 4. The summed E-state index contributed by atoms with van der Waals surface area (Å²) in [5.74, 6) is 1.71. The van der Waals surface area contributed by atoms with E-state index in [1.807, 2.05) is 41.1 Å². The molecule has 12 nitrogen and oxygen atoms in total. The fraction of sp³-hybridized carbons (Fsp3) is 0.513. The van der Waals surface area contributed by atoms with Gasteiger partial charge in [0, 0.05) is 44.0 Å². The number of Topliss-reactive ketones (excluding diaryl/α,β-unsaturated/α-hetero) is 1. The van der Waals surface area contributed by atoms with Crippen molar-refractivity contribution in [3.05, 3.63) is 58.5 Å². The van der Waals surface area contributed by atoms with Crippen LogP contribution in [0.25, 0.3) is 21.3 Å². The van der Waals surface area contributed by atoms with Crippen LogP contribution in [0, 0.1) is 35.0 Å². The third-order valence-electron chi connectivity index (χ3n) is 9.92. The van der Waals surface area contributed by atoms with Gasteiger partial charge in [0.2, 0.25) is 0 Å². The van der Waals surface area contributed by atoms with Crippen LogP contribution < -0.4 is 10.6 Å². The lowest BCUT2D eigenvalue weighted by atomic mass is 9.70. The zero-order valence-corrected chi connectivity index (χ0v) is 31.4. The first-order valence-corrected chi connectivity index (χ1v) is 20.3. The molecule has 53 heavy (non-hydrogen) atoms. The third-order valence-corrected chi connectivity index (χ3v) is 11.7. The SMILES string of the molecule is N#CCCC(=O)C1CC(CCCCCNC(=O)c2cc(-c3cccs3)on2)C1.O=C(NCCCCCC1CC(C(=O)O)C1)c1cc(-c2cccs2)on1. The number of carbonyl (C=O) groups excluding carboxylic acids is 3. The van der Waals surface area contributed by atoms with Crippen molar-refractivity contribution in [2.45, 2.75) is 89.9 Å². The molecule has 2 aliphatic carbocycles. The molecule has 0 aromatic carbocycles. The van der Waals surface area contributed by atoms with Crippen LogP contribution in [0.3, 0.4) is 0 Å². The highest BCUT2D eigenvalue weighted by atomic mass is 32.1. The first-order chi connectivity index (χ1) is 25.8. The molecular weight excluding hydrogens is 715 g/mol. The largest absolute Gasteiger partial charge is 0.481 e. The van der Waals surface area contributed by atoms with Gasteiger partial charge in [0.05, 0.1) is 21.7 Å². The maximum atomic E-state index is 12.1. The summed E-state index contributed by atoms with van der Waals surface area (Å²) in [5, 5.41) is 34.7. The van der Waals surface area contributed by atoms with E-state index < -0.39 is 5.97 Å². The number of rotatable bonds is 20. The maximum Gasteiger partial charge on any atom is 0.306 e. The van der Waals surface area contributed by atoms with Crippen molar-refractivity contribution < 1.29 is 33.3 Å². The van der Waals surface area contributed by atoms with Crippen LogP contribution in [-0.2, 0) is 9.59 Å². The van der Waals surface area contributed by atoms with Gasteiger partial charge in [-0.2, -0.15) is 5.26 Å². The molecule has 2 amide bonds. The summed E-state index contributed by atoms with van der Waals surface area (Å²) < 4.78 is 10.4. The van der Waals surface area contributed by atoms with E-state index >= 15 is 0 Å². The van der Waals surface area contributed by atoms with Gasteiger partial charge in [-0.1, -0.05) is 61.0 Å². The summed E-state index contributed by atoms with van der Waals surface area (Å²) >= 11 is 3.09. The Kier molecular flexibility index (Phi) is 15.4. The molecule has 3 N–H and O–H groups in total. The number of hydrogen-bond donors (Lipinski definition) is 3. The van der Waals surface area contributed by atoms with Crippen LogP contribution in [-0.4, -0.2) is 52.1 Å². The van der Waals surface area contributed by atoms with Crippen molar-refractivity contribution in [3.8, 4) is 27.3 Å². The van der Waals surface area contributed by atoms with E-state index in [-0.39, 0.29) is 29.4 Å². The predicted molar refractivity (Wildman–Crippen MR) is 201 cm³/mol. The van der Waals surface area contributed by atoms with Gasteiger partial charge < -0.3 is 24.8 Å². The monoisotopic (exact) mass is 761 g/mol. The number of unbranched alkanes of at least 4 members (excludes halogenated alkanes) is 4. The summed E-state index contributed by atoms with van der Waals surface area (Å²) in [6.07, 6.45) is 12.7. The highest BCUT2D eigenvalue weighted by Crippen LogP contribution is 2.39. The van der Waals surface area contributed by atoms with Crippen molar-refractivity contribution in [1.29, 1.82) is 5.26 Å². The molecular formula is C39H47N5O7S2. The molecule has 2 aliphatic rings. The normalized spacial score (nSPS) is 18.8. The van der Waals surface area contributed by atoms with Crippen LogP contribution in [0.2, 0.25) is 0 Å². The van der Waals surface area contributed by atoms with Gasteiger partial charge in [-0.05, 0) is 73.3 Å². The summed E-state index contributed by atoms with van der Waals surface area (Å²) in [4.78, 5) is 48.6. The van der Waals surface area contributed by atoms with Crippen molar-refractivity contribution in [1.82, 2.24) is 20.9 Å². The molecule has 4 aromatic rings. The van der Waals surface area contributed by atoms with E-state index in [2.05, 4.69) is 20.9 Å². The molecule has 4 heterocycles. The number of carboxylic acid groups (broad SMARTS) is 1. The number of aromatic nitrogens is 2. The minimum Gasteiger partial charge on any atom is -0.481 e. The molecule has 6 rings (SSSR count). The fourth-order valence-corrected chi connectivity index (χ4v) is 8.03. The summed E-state index contributed by atoms with van der Waals surface area (Å²) in [5.41, 5.74) is 0.613. The van der Waals surface area contributed by atoms with E-state index in [0.29, 0.717) is 60.7 Å². The Morgan fingerprint density at radius 2 is 1.25 bits per heavy atom. The first kappa shape index (κ1) is 39.6. The van der Waals surface area contributed by atoms with Crippen LogP contribution in [0.1, 0.15) is 111 Å². The Morgan fingerprint density at radius 3 is 1.68 bits per heavy atom. The smallest absolute Gasteiger partial charge is 0.306 e. The van der Waals surface area contributed by atoms with E-state index in [4.69, 9.17) is 19.4 Å². The topological polar surface area (TPSA) is 188 Å². The highest BCUT2D eigenvalue weighted by Gasteiger charge is 2.34. The lowest BCUT2D eigenvalue weighted by molar-refractivity contribution is -0.146. The zero-order valence-electron chi connectivity index (χ0n) is 29.8. The van der Waals surface area contributed by atoms with Gasteiger partial charge in [-0.15, -0.1) is 22.7 Å². The molecule has 0 unspecified atom stereocenters. The standard InChI is InChI=1S/C21H25N3O3S.C18H22N2O4S/c22-9-4-7-18(25)16-12-15(13-16)6-2-1-3-10-23-21(26)17-14-19(27-24-17)20-8-5-11-28-20;21-17(14-11-15(24-20-14)16-6-4-8-25-16)19-7-3-1-2-5-12-9-13(10-12)18(22)23/h5,8,11,14-16H,1-4,6-7,10,12-13H2,(H,23,26);4,6,8,11-13H,1-3,5,7,9-10H2,(H,19,21)(H,22,23). The molecule has 0 radical (unpaired) electrons. The second kappa shape index (κ2) is 20.6. The number of hydrogen-bond acceptors (Lipinski definition) is 11. The second-order valence-electron chi connectivity index (χ2n) is 13.8. The molecule has 0 atom stereocenters. The molecule has 4 aromatic heterocycles. The Bertz CT molecular complexity index is 1780. The lowest BCUT2D eigenvalue weighted by Gasteiger charge is -2.34. The van der Waals surface area contributed by atoms with E-state index in [1.165, 1.54) is 0 Å². The average Bonchev–Trinajstić information content (AvgIpc) is 3.95. The molecule has 14 heteroatoms. The number of aliphatic carboxylic acids is 1. The molecule has 0 spiro atoms. The number of nitrogens with zero attached hydrogens (tertiary/aromatic N) is 3. The van der Waals surface area contributed by atoms with Crippen LogP contribution >= 0.6 is 22.7 Å². The summed E-state index contributed by atoms with van der Waals surface area (Å²) in [7, 11) is 0. The van der Waals surface area contributed by atoms with Gasteiger partial charge in [0.25, 0.3) is 11.8 Å². The zero-order chi connectivity index (χ0) is 37.4. The first-order valence-electron chi connectivity index (χ1n) is 18.5. The second-order valence-corrected chi connectivity index (χ2v) is 15.7. The molecule has 282 valence electrons. The molecule has 0 bridgehead atoms. The number of carboxylic acids is 1. The maximum absolute atomic E-state index is 12.1. The Morgan fingerprint density at radius 1 is 0.755 bits per heavy atom. The van der Waals surface area contributed by atoms with Crippen LogP contribution in [0.5, 0.6) is 0 Å². The van der Waals surface area contributed by atoms with Crippen molar-refractivity contribution in [2.24, 2.45) is 23.7 Å². The quantitative estimate of drug-likeness (QED) is 0.0738. The van der Waals surface area contributed by atoms with Crippen molar-refractivity contribution >= 4 is 46.2 Å². The van der Waals surface area contributed by atoms with Gasteiger partial charge >= 0.3 is 5.97 Å². The minimum absolute atomic E-state index is 0.120.